The van der Waals surface area contributed by atoms with E-state index in [2.05, 4.69) is 176 Å². The number of aryl methyl sites for hydroxylation is 1. The molecule has 2 aromatic heterocycles. The van der Waals surface area contributed by atoms with Gasteiger partial charge in [0.2, 0.25) is 0 Å². The fraction of sp³-hybridized carbons (Fsp3) is 0.0196. The summed E-state index contributed by atoms with van der Waals surface area (Å²) >= 11 is 0.120. The Balaban J connectivity index is 1.24. The van der Waals surface area contributed by atoms with Gasteiger partial charge in [0.1, 0.15) is 0 Å². The van der Waals surface area contributed by atoms with Gasteiger partial charge >= 0.3 is 315 Å². The molecule has 0 saturated heterocycles. The van der Waals surface area contributed by atoms with Gasteiger partial charge in [0, 0.05) is 0 Å². The molecule has 2 heterocycles. The summed E-state index contributed by atoms with van der Waals surface area (Å²) in [6, 6.07) is 64.8. The van der Waals surface area contributed by atoms with Gasteiger partial charge in [-0.05, 0) is 0 Å². The van der Waals surface area contributed by atoms with E-state index in [1.807, 2.05) is 6.92 Å². The van der Waals surface area contributed by atoms with Crippen molar-refractivity contribution in [3.8, 4) is 44.7 Å². The van der Waals surface area contributed by atoms with Crippen molar-refractivity contribution in [2.45, 2.75) is 6.92 Å². The second kappa shape index (κ2) is 11.9. The second-order valence-electron chi connectivity index (χ2n) is 13.9. The Labute approximate surface area is 313 Å². The minimum absolute atomic E-state index is 0.120. The summed E-state index contributed by atoms with van der Waals surface area (Å²) in [4.78, 5) is 0. The average Bonchev–Trinajstić information content (AvgIpc) is 3.82. The van der Waals surface area contributed by atoms with Crippen molar-refractivity contribution in [2.75, 3.05) is 0 Å². The zero-order valence-electron chi connectivity index (χ0n) is 29.1. The Kier molecular flexibility index (Phi) is 6.86. The van der Waals surface area contributed by atoms with Crippen LogP contribution in [0.5, 0.6) is 0 Å². The Morgan fingerprint density at radius 3 is 1.36 bits per heavy atom. The molecule has 0 atom stereocenters. The number of rotatable bonds is 4. The predicted octanol–water partition coefficient (Wildman–Crippen LogP) is 14.2. The molecular weight excluding hydrogens is 708 g/mol. The standard InChI is InChI=1S/C51H32OSe/c1-31-29-30-44(52-31)49-39-23-11-9-21-37(39)47(38-22-10-12-24-40(38)49)41-25-14-28-45-50(41)43-27-13-26-42(51(43)53-45)48-35-19-7-5-17-33(35)46(32-15-3-2-4-16-32)34-18-6-8-20-36(34)48/h2-30H,1H3. The molecule has 0 unspecified atom stereocenters. The fourth-order valence-corrected chi connectivity index (χ4v) is 11.5. The molecule has 0 aliphatic heterocycles. The normalized spacial score (nSPS) is 11.9. The molecule has 0 N–H and O–H groups in total. The molecule has 0 aliphatic rings. The third-order valence-electron chi connectivity index (χ3n) is 11.0. The molecule has 0 spiro atoms. The van der Waals surface area contributed by atoms with Crippen LogP contribution in [0.15, 0.2) is 180 Å². The molecule has 11 rings (SSSR count). The van der Waals surface area contributed by atoms with Crippen LogP contribution in [-0.4, -0.2) is 14.5 Å². The molecule has 53 heavy (non-hydrogen) atoms. The maximum atomic E-state index is 6.30. The van der Waals surface area contributed by atoms with E-state index in [4.69, 9.17) is 4.42 Å². The van der Waals surface area contributed by atoms with Gasteiger partial charge in [0.15, 0.2) is 0 Å². The van der Waals surface area contributed by atoms with E-state index in [1.165, 1.54) is 95.8 Å². The van der Waals surface area contributed by atoms with Crippen molar-refractivity contribution in [3.63, 3.8) is 0 Å². The number of fused-ring (bicyclic) bond motifs is 7. The summed E-state index contributed by atoms with van der Waals surface area (Å²) in [5, 5.41) is 12.8. The van der Waals surface area contributed by atoms with E-state index in [9.17, 15) is 0 Å². The van der Waals surface area contributed by atoms with E-state index < -0.39 is 0 Å². The van der Waals surface area contributed by atoms with Crippen LogP contribution in [0.25, 0.3) is 107 Å². The predicted molar refractivity (Wildman–Crippen MR) is 227 cm³/mol. The van der Waals surface area contributed by atoms with Gasteiger partial charge in [-0.3, -0.25) is 0 Å². The van der Waals surface area contributed by atoms with Crippen LogP contribution in [0.1, 0.15) is 5.76 Å². The summed E-state index contributed by atoms with van der Waals surface area (Å²) in [6.45, 7) is 2.02. The van der Waals surface area contributed by atoms with Crippen LogP contribution < -0.4 is 0 Å². The van der Waals surface area contributed by atoms with Gasteiger partial charge in [0.05, 0.1) is 0 Å². The van der Waals surface area contributed by atoms with Crippen LogP contribution >= 0.6 is 0 Å². The molecule has 0 radical (unpaired) electrons. The van der Waals surface area contributed by atoms with Crippen molar-refractivity contribution < 1.29 is 4.42 Å². The molecule has 11 aromatic rings. The first-order valence-corrected chi connectivity index (χ1v) is 19.9. The van der Waals surface area contributed by atoms with Crippen molar-refractivity contribution in [3.05, 3.63) is 182 Å². The van der Waals surface area contributed by atoms with E-state index in [-0.39, 0.29) is 14.5 Å². The Hall–Kier alpha value is -6.18. The van der Waals surface area contributed by atoms with Gasteiger partial charge in [-0.15, -0.1) is 0 Å². The van der Waals surface area contributed by atoms with Gasteiger partial charge in [0.25, 0.3) is 0 Å². The van der Waals surface area contributed by atoms with Crippen LogP contribution in [0.4, 0.5) is 0 Å². The molecule has 248 valence electrons. The number of benzene rings is 9. The van der Waals surface area contributed by atoms with E-state index >= 15 is 0 Å². The first-order valence-electron chi connectivity index (χ1n) is 18.2. The Bertz CT molecular complexity index is 3120. The number of hydrogen-bond donors (Lipinski definition) is 0. The summed E-state index contributed by atoms with van der Waals surface area (Å²) in [5.74, 6) is 1.83. The number of hydrogen-bond acceptors (Lipinski definition) is 1. The molecule has 0 bridgehead atoms. The van der Waals surface area contributed by atoms with Crippen LogP contribution in [0.2, 0.25) is 0 Å². The van der Waals surface area contributed by atoms with E-state index in [1.54, 1.807) is 0 Å². The molecule has 9 aromatic carbocycles. The zero-order chi connectivity index (χ0) is 35.0. The Morgan fingerprint density at radius 2 is 0.811 bits per heavy atom. The van der Waals surface area contributed by atoms with Crippen LogP contribution in [0.3, 0.4) is 0 Å². The quantitative estimate of drug-likeness (QED) is 0.129. The third kappa shape index (κ3) is 4.57. The van der Waals surface area contributed by atoms with Gasteiger partial charge in [-0.2, -0.15) is 0 Å². The third-order valence-corrected chi connectivity index (χ3v) is 13.5. The fourth-order valence-electron chi connectivity index (χ4n) is 8.84. The first-order chi connectivity index (χ1) is 26.2. The van der Waals surface area contributed by atoms with Crippen molar-refractivity contribution >= 4 is 76.9 Å². The average molecular weight is 740 g/mol. The van der Waals surface area contributed by atoms with Crippen molar-refractivity contribution in [1.82, 2.24) is 0 Å². The summed E-state index contributed by atoms with van der Waals surface area (Å²) < 4.78 is 9.20. The molecule has 0 aliphatic carbocycles. The van der Waals surface area contributed by atoms with E-state index in [0.717, 1.165) is 17.1 Å². The number of furan rings is 1. The second-order valence-corrected chi connectivity index (χ2v) is 16.1. The molecule has 0 saturated carbocycles. The molecule has 0 fully saturated rings. The molecular formula is C51H32OSe. The maximum absolute atomic E-state index is 6.30. The minimum atomic E-state index is 0.120. The summed E-state index contributed by atoms with van der Waals surface area (Å²) in [7, 11) is 0. The van der Waals surface area contributed by atoms with Gasteiger partial charge < -0.3 is 0 Å². The summed E-state index contributed by atoms with van der Waals surface area (Å²) in [6.07, 6.45) is 0. The van der Waals surface area contributed by atoms with E-state index in [0.29, 0.717) is 0 Å². The summed E-state index contributed by atoms with van der Waals surface area (Å²) in [5.41, 5.74) is 8.97. The zero-order valence-corrected chi connectivity index (χ0v) is 30.8. The topological polar surface area (TPSA) is 13.1 Å². The molecule has 1 nitrogen and oxygen atoms in total. The molecule has 0 amide bonds. The van der Waals surface area contributed by atoms with Crippen LogP contribution in [0, 0.1) is 6.92 Å². The monoisotopic (exact) mass is 740 g/mol. The van der Waals surface area contributed by atoms with Gasteiger partial charge in [-0.25, -0.2) is 0 Å². The SMILES string of the molecule is Cc1ccc(-c2c3ccccc3c(-c3cccc4[se]c5c(-c6c7ccccc7c(-c7ccccc7)c7ccccc67)cccc5c34)c3ccccc23)o1. The van der Waals surface area contributed by atoms with Gasteiger partial charge in [-0.1, -0.05) is 0 Å². The van der Waals surface area contributed by atoms with Crippen LogP contribution in [-0.2, 0) is 0 Å². The first kappa shape index (κ1) is 30.4. The van der Waals surface area contributed by atoms with Crippen molar-refractivity contribution in [2.24, 2.45) is 0 Å². The Morgan fingerprint density at radius 1 is 0.358 bits per heavy atom. The van der Waals surface area contributed by atoms with Crippen molar-refractivity contribution in [1.29, 1.82) is 0 Å². The molecule has 2 heteroatoms.